The zero-order chi connectivity index (χ0) is 14.5. The highest BCUT2D eigenvalue weighted by atomic mass is 35.5. The van der Waals surface area contributed by atoms with Crippen molar-refractivity contribution in [1.29, 1.82) is 0 Å². The van der Waals surface area contributed by atoms with Crippen molar-refractivity contribution in [2.45, 2.75) is 18.2 Å². The third-order valence-electron chi connectivity index (χ3n) is 2.98. The molecule has 0 atom stereocenters. The lowest BCUT2D eigenvalue weighted by molar-refractivity contribution is 0.0954. The number of thiol groups is 1. The Morgan fingerprint density at radius 1 is 1.25 bits per heavy atom. The number of carbonyl (C=O) groups excluding carboxylic acids is 1. The molecule has 20 heavy (non-hydrogen) atoms. The molecule has 2 aromatic carbocycles. The zero-order valence-electron chi connectivity index (χ0n) is 11.2. The quantitative estimate of drug-likeness (QED) is 0.824. The molecule has 2 nitrogen and oxygen atoms in total. The summed E-state index contributed by atoms with van der Waals surface area (Å²) in [5.41, 5.74) is 2.89. The summed E-state index contributed by atoms with van der Waals surface area (Å²) >= 11 is 10.2. The van der Waals surface area contributed by atoms with Crippen LogP contribution in [0.3, 0.4) is 0 Å². The first-order valence-electron chi connectivity index (χ1n) is 6.38. The van der Waals surface area contributed by atoms with Gasteiger partial charge >= 0.3 is 0 Å². The molecule has 0 heterocycles. The molecule has 0 aliphatic heterocycles. The number of amides is 1. The Bertz CT molecular complexity index is 628. The van der Waals surface area contributed by atoms with Crippen LogP contribution in [0.25, 0.3) is 0 Å². The van der Waals surface area contributed by atoms with E-state index in [1.165, 1.54) is 11.1 Å². The lowest BCUT2D eigenvalue weighted by Gasteiger charge is -2.08. The van der Waals surface area contributed by atoms with Gasteiger partial charge < -0.3 is 5.32 Å². The lowest BCUT2D eigenvalue weighted by Crippen LogP contribution is -2.26. The molecule has 1 N–H and O–H groups in total. The SMILES string of the molecule is Cc1cccc(CCNC(=O)c2cc(S)ccc2Cl)c1. The van der Waals surface area contributed by atoms with Crippen LogP contribution in [0.1, 0.15) is 21.5 Å². The Kier molecular flexibility index (Phi) is 5.10. The Balaban J connectivity index is 1.94. The van der Waals surface area contributed by atoms with E-state index in [-0.39, 0.29) is 5.91 Å². The van der Waals surface area contributed by atoms with E-state index < -0.39 is 0 Å². The number of halogens is 1. The van der Waals surface area contributed by atoms with E-state index in [0.29, 0.717) is 17.1 Å². The summed E-state index contributed by atoms with van der Waals surface area (Å²) < 4.78 is 0. The van der Waals surface area contributed by atoms with Gasteiger partial charge in [0.2, 0.25) is 0 Å². The number of carbonyl (C=O) groups is 1. The molecule has 2 rings (SSSR count). The molecule has 0 radical (unpaired) electrons. The van der Waals surface area contributed by atoms with Crippen molar-refractivity contribution in [1.82, 2.24) is 5.32 Å². The normalized spacial score (nSPS) is 10.3. The molecule has 2 aromatic rings. The van der Waals surface area contributed by atoms with E-state index in [0.717, 1.165) is 11.3 Å². The summed E-state index contributed by atoms with van der Waals surface area (Å²) in [5.74, 6) is -0.168. The van der Waals surface area contributed by atoms with Crippen molar-refractivity contribution < 1.29 is 4.79 Å². The maximum Gasteiger partial charge on any atom is 0.252 e. The summed E-state index contributed by atoms with van der Waals surface area (Å²) in [6, 6.07) is 13.4. The first-order chi connectivity index (χ1) is 9.56. The van der Waals surface area contributed by atoms with Crippen LogP contribution in [0.4, 0.5) is 0 Å². The van der Waals surface area contributed by atoms with Gasteiger partial charge in [-0.15, -0.1) is 12.6 Å². The van der Waals surface area contributed by atoms with E-state index in [9.17, 15) is 4.79 Å². The molecule has 104 valence electrons. The maximum absolute atomic E-state index is 12.0. The molecular weight excluding hydrogens is 290 g/mol. The summed E-state index contributed by atoms with van der Waals surface area (Å²) in [6.07, 6.45) is 0.797. The molecule has 0 saturated carbocycles. The molecule has 0 bridgehead atoms. The van der Waals surface area contributed by atoms with E-state index in [1.807, 2.05) is 6.07 Å². The maximum atomic E-state index is 12.0. The van der Waals surface area contributed by atoms with Crippen molar-refractivity contribution in [3.05, 3.63) is 64.2 Å². The standard InChI is InChI=1S/C16H16ClNOS/c1-11-3-2-4-12(9-11)7-8-18-16(19)14-10-13(20)5-6-15(14)17/h2-6,9-10,20H,7-8H2,1H3,(H,18,19). The van der Waals surface area contributed by atoms with Gasteiger partial charge in [0.1, 0.15) is 0 Å². The van der Waals surface area contributed by atoms with Gasteiger partial charge in [0.15, 0.2) is 0 Å². The van der Waals surface area contributed by atoms with Crippen LogP contribution in [0, 0.1) is 6.92 Å². The molecule has 0 aromatic heterocycles. The molecule has 0 fully saturated rings. The third-order valence-corrected chi connectivity index (χ3v) is 3.58. The predicted octanol–water partition coefficient (Wildman–Crippen LogP) is 3.91. The van der Waals surface area contributed by atoms with E-state index in [1.54, 1.807) is 18.2 Å². The van der Waals surface area contributed by atoms with Crippen LogP contribution in [-0.2, 0) is 6.42 Å². The Hall–Kier alpha value is -1.45. The van der Waals surface area contributed by atoms with Gasteiger partial charge in [-0.2, -0.15) is 0 Å². The van der Waals surface area contributed by atoms with Gasteiger partial charge in [0.05, 0.1) is 10.6 Å². The Morgan fingerprint density at radius 3 is 2.80 bits per heavy atom. The lowest BCUT2D eigenvalue weighted by atomic mass is 10.1. The van der Waals surface area contributed by atoms with Crippen LogP contribution in [0.2, 0.25) is 5.02 Å². The summed E-state index contributed by atoms with van der Waals surface area (Å²) in [6.45, 7) is 2.63. The molecule has 0 saturated heterocycles. The Labute approximate surface area is 129 Å². The fourth-order valence-corrected chi connectivity index (χ4v) is 2.38. The van der Waals surface area contributed by atoms with Crippen LogP contribution in [0.15, 0.2) is 47.4 Å². The minimum Gasteiger partial charge on any atom is -0.352 e. The minimum atomic E-state index is -0.168. The summed E-state index contributed by atoms with van der Waals surface area (Å²) in [7, 11) is 0. The zero-order valence-corrected chi connectivity index (χ0v) is 12.8. The highest BCUT2D eigenvalue weighted by molar-refractivity contribution is 7.80. The molecule has 4 heteroatoms. The molecule has 0 aliphatic rings. The predicted molar refractivity (Wildman–Crippen MR) is 85.9 cm³/mol. The number of aryl methyl sites for hydroxylation is 1. The van der Waals surface area contributed by atoms with Crippen LogP contribution < -0.4 is 5.32 Å². The van der Waals surface area contributed by atoms with Gasteiger partial charge in [0.25, 0.3) is 5.91 Å². The second kappa shape index (κ2) is 6.82. The topological polar surface area (TPSA) is 29.1 Å². The fourth-order valence-electron chi connectivity index (χ4n) is 1.97. The third kappa shape index (κ3) is 4.02. The first-order valence-corrected chi connectivity index (χ1v) is 7.21. The minimum absolute atomic E-state index is 0.168. The second-order valence-electron chi connectivity index (χ2n) is 4.66. The molecule has 0 spiro atoms. The van der Waals surface area contributed by atoms with Crippen molar-refractivity contribution in [3.8, 4) is 0 Å². The first kappa shape index (κ1) is 14.9. The summed E-state index contributed by atoms with van der Waals surface area (Å²) in [5, 5.41) is 3.32. The number of rotatable bonds is 4. The van der Waals surface area contributed by atoms with Crippen LogP contribution in [0.5, 0.6) is 0 Å². The second-order valence-corrected chi connectivity index (χ2v) is 5.58. The molecule has 1 amide bonds. The van der Waals surface area contributed by atoms with E-state index in [4.69, 9.17) is 11.6 Å². The van der Waals surface area contributed by atoms with Crippen molar-refractivity contribution in [3.63, 3.8) is 0 Å². The monoisotopic (exact) mass is 305 g/mol. The van der Waals surface area contributed by atoms with Gasteiger partial charge in [-0.25, -0.2) is 0 Å². The smallest absolute Gasteiger partial charge is 0.252 e. The molecular formula is C16H16ClNOS. The fraction of sp³-hybridized carbons (Fsp3) is 0.188. The largest absolute Gasteiger partial charge is 0.352 e. The molecule has 0 unspecified atom stereocenters. The van der Waals surface area contributed by atoms with E-state index >= 15 is 0 Å². The average molecular weight is 306 g/mol. The highest BCUT2D eigenvalue weighted by Gasteiger charge is 2.10. The van der Waals surface area contributed by atoms with Gasteiger partial charge in [-0.3, -0.25) is 4.79 Å². The Morgan fingerprint density at radius 2 is 2.05 bits per heavy atom. The number of nitrogens with one attached hydrogen (secondary N) is 1. The average Bonchev–Trinajstić information content (AvgIpc) is 2.41. The van der Waals surface area contributed by atoms with E-state index in [2.05, 4.69) is 43.1 Å². The van der Waals surface area contributed by atoms with Gasteiger partial charge in [-0.05, 0) is 37.1 Å². The van der Waals surface area contributed by atoms with Crippen molar-refractivity contribution in [2.24, 2.45) is 0 Å². The van der Waals surface area contributed by atoms with Crippen molar-refractivity contribution in [2.75, 3.05) is 6.54 Å². The van der Waals surface area contributed by atoms with Crippen LogP contribution in [-0.4, -0.2) is 12.5 Å². The van der Waals surface area contributed by atoms with Gasteiger partial charge in [0, 0.05) is 11.4 Å². The van der Waals surface area contributed by atoms with Crippen LogP contribution >= 0.6 is 24.2 Å². The molecule has 0 aliphatic carbocycles. The number of hydrogen-bond donors (Lipinski definition) is 2. The number of benzene rings is 2. The van der Waals surface area contributed by atoms with Crippen molar-refractivity contribution >= 4 is 30.1 Å². The van der Waals surface area contributed by atoms with Gasteiger partial charge in [-0.1, -0.05) is 41.4 Å². The highest BCUT2D eigenvalue weighted by Crippen LogP contribution is 2.19. The number of hydrogen-bond acceptors (Lipinski definition) is 2. The summed E-state index contributed by atoms with van der Waals surface area (Å²) in [4.78, 5) is 12.8.